The van der Waals surface area contributed by atoms with E-state index >= 15 is 0 Å². The fourth-order valence-electron chi connectivity index (χ4n) is 2.09. The Morgan fingerprint density at radius 1 is 1.25 bits per heavy atom. The summed E-state index contributed by atoms with van der Waals surface area (Å²) in [5.41, 5.74) is 2.33. The number of benzene rings is 1. The molecular formula is C15H16N4S. The maximum Gasteiger partial charge on any atom is 0.109 e. The SMILES string of the molecule is CC(NCc1ccccc1-n1cccn1)c1nccs1. The van der Waals surface area contributed by atoms with Gasteiger partial charge < -0.3 is 5.32 Å². The predicted octanol–water partition coefficient (Wildman–Crippen LogP) is 3.18. The molecule has 1 aromatic carbocycles. The fourth-order valence-corrected chi connectivity index (χ4v) is 2.76. The van der Waals surface area contributed by atoms with Crippen molar-refractivity contribution in [2.24, 2.45) is 0 Å². The molecular weight excluding hydrogens is 268 g/mol. The number of hydrogen-bond acceptors (Lipinski definition) is 4. The largest absolute Gasteiger partial charge is 0.304 e. The van der Waals surface area contributed by atoms with Crippen molar-refractivity contribution in [1.82, 2.24) is 20.1 Å². The zero-order valence-electron chi connectivity index (χ0n) is 11.2. The molecule has 0 aliphatic carbocycles. The molecule has 3 rings (SSSR count). The number of rotatable bonds is 5. The molecule has 0 spiro atoms. The van der Waals surface area contributed by atoms with Crippen LogP contribution in [0.15, 0.2) is 54.3 Å². The number of aromatic nitrogens is 3. The Hall–Kier alpha value is -1.98. The topological polar surface area (TPSA) is 42.7 Å². The highest BCUT2D eigenvalue weighted by molar-refractivity contribution is 7.09. The molecule has 0 radical (unpaired) electrons. The van der Waals surface area contributed by atoms with Crippen molar-refractivity contribution in [2.75, 3.05) is 0 Å². The average molecular weight is 284 g/mol. The monoisotopic (exact) mass is 284 g/mol. The lowest BCUT2D eigenvalue weighted by Gasteiger charge is -2.14. The Balaban J connectivity index is 1.75. The van der Waals surface area contributed by atoms with Gasteiger partial charge in [-0.2, -0.15) is 5.10 Å². The molecule has 0 fully saturated rings. The standard InChI is InChI=1S/C15H16N4S/c1-12(15-16-8-10-20-15)17-11-13-5-2-3-6-14(13)19-9-4-7-18-19/h2-10,12,17H,11H2,1H3. The van der Waals surface area contributed by atoms with Crippen LogP contribution in [0.2, 0.25) is 0 Å². The Morgan fingerprint density at radius 3 is 2.90 bits per heavy atom. The highest BCUT2D eigenvalue weighted by Crippen LogP contribution is 2.18. The molecule has 102 valence electrons. The van der Waals surface area contributed by atoms with E-state index in [-0.39, 0.29) is 6.04 Å². The smallest absolute Gasteiger partial charge is 0.109 e. The van der Waals surface area contributed by atoms with Crippen LogP contribution in [0, 0.1) is 0 Å². The second-order valence-electron chi connectivity index (χ2n) is 4.55. The van der Waals surface area contributed by atoms with E-state index in [1.807, 2.05) is 34.6 Å². The van der Waals surface area contributed by atoms with E-state index in [4.69, 9.17) is 0 Å². The molecule has 0 aliphatic heterocycles. The van der Waals surface area contributed by atoms with E-state index in [1.165, 1.54) is 5.56 Å². The number of nitrogens with zero attached hydrogens (tertiary/aromatic N) is 3. The van der Waals surface area contributed by atoms with E-state index in [2.05, 4.69) is 40.5 Å². The molecule has 2 aromatic heterocycles. The van der Waals surface area contributed by atoms with Crippen molar-refractivity contribution in [2.45, 2.75) is 19.5 Å². The van der Waals surface area contributed by atoms with Gasteiger partial charge in [0.15, 0.2) is 0 Å². The molecule has 4 nitrogen and oxygen atoms in total. The molecule has 0 saturated heterocycles. The molecule has 20 heavy (non-hydrogen) atoms. The maximum absolute atomic E-state index is 4.34. The van der Waals surface area contributed by atoms with Crippen LogP contribution in [-0.2, 0) is 6.54 Å². The van der Waals surface area contributed by atoms with Gasteiger partial charge >= 0.3 is 0 Å². The van der Waals surface area contributed by atoms with Crippen molar-refractivity contribution < 1.29 is 0 Å². The summed E-state index contributed by atoms with van der Waals surface area (Å²) in [7, 11) is 0. The first-order valence-corrected chi connectivity index (χ1v) is 7.43. The van der Waals surface area contributed by atoms with E-state index < -0.39 is 0 Å². The van der Waals surface area contributed by atoms with Crippen LogP contribution in [-0.4, -0.2) is 14.8 Å². The van der Waals surface area contributed by atoms with Gasteiger partial charge in [0, 0.05) is 30.5 Å². The summed E-state index contributed by atoms with van der Waals surface area (Å²) < 4.78 is 1.89. The normalized spacial score (nSPS) is 12.4. The summed E-state index contributed by atoms with van der Waals surface area (Å²) in [6.45, 7) is 2.92. The van der Waals surface area contributed by atoms with Gasteiger partial charge in [0.05, 0.1) is 11.7 Å². The van der Waals surface area contributed by atoms with Gasteiger partial charge in [-0.05, 0) is 24.6 Å². The molecule has 1 unspecified atom stereocenters. The summed E-state index contributed by atoms with van der Waals surface area (Å²) in [5.74, 6) is 0. The third kappa shape index (κ3) is 2.79. The Bertz CT molecular complexity index is 646. The molecule has 0 aliphatic rings. The van der Waals surface area contributed by atoms with E-state index in [9.17, 15) is 0 Å². The molecule has 5 heteroatoms. The van der Waals surface area contributed by atoms with Crippen LogP contribution < -0.4 is 5.32 Å². The van der Waals surface area contributed by atoms with Crippen molar-refractivity contribution in [3.05, 3.63) is 64.9 Å². The van der Waals surface area contributed by atoms with Gasteiger partial charge in [-0.3, -0.25) is 0 Å². The van der Waals surface area contributed by atoms with Gasteiger partial charge in [0.2, 0.25) is 0 Å². The van der Waals surface area contributed by atoms with Crippen LogP contribution in [0.25, 0.3) is 5.69 Å². The number of thiazole rings is 1. The maximum atomic E-state index is 4.34. The minimum absolute atomic E-state index is 0.251. The zero-order chi connectivity index (χ0) is 13.8. The third-order valence-electron chi connectivity index (χ3n) is 3.16. The van der Waals surface area contributed by atoms with E-state index in [0.717, 1.165) is 17.2 Å². The average Bonchev–Trinajstić information content (AvgIpc) is 3.17. The first kappa shape index (κ1) is 13.0. The van der Waals surface area contributed by atoms with E-state index in [1.54, 1.807) is 17.5 Å². The van der Waals surface area contributed by atoms with Crippen molar-refractivity contribution in [3.8, 4) is 5.69 Å². The molecule has 0 amide bonds. The first-order valence-electron chi connectivity index (χ1n) is 6.55. The molecule has 1 atom stereocenters. The number of hydrogen-bond donors (Lipinski definition) is 1. The van der Waals surface area contributed by atoms with Gasteiger partial charge in [0.25, 0.3) is 0 Å². The molecule has 1 N–H and O–H groups in total. The van der Waals surface area contributed by atoms with Gasteiger partial charge in [-0.1, -0.05) is 18.2 Å². The van der Waals surface area contributed by atoms with Crippen molar-refractivity contribution in [3.63, 3.8) is 0 Å². The van der Waals surface area contributed by atoms with Crippen LogP contribution >= 0.6 is 11.3 Å². The van der Waals surface area contributed by atoms with Gasteiger partial charge in [-0.15, -0.1) is 11.3 Å². The third-order valence-corrected chi connectivity index (χ3v) is 4.12. The van der Waals surface area contributed by atoms with Crippen LogP contribution in [0.5, 0.6) is 0 Å². The fraction of sp³-hybridized carbons (Fsp3) is 0.200. The van der Waals surface area contributed by atoms with Crippen LogP contribution in [0.3, 0.4) is 0 Å². The first-order chi connectivity index (χ1) is 9.84. The Labute approximate surface area is 122 Å². The minimum Gasteiger partial charge on any atom is -0.304 e. The highest BCUT2D eigenvalue weighted by atomic mass is 32.1. The van der Waals surface area contributed by atoms with Crippen LogP contribution in [0.4, 0.5) is 0 Å². The number of nitrogens with one attached hydrogen (secondary N) is 1. The molecule has 3 aromatic rings. The molecule has 2 heterocycles. The van der Waals surface area contributed by atoms with Gasteiger partial charge in [-0.25, -0.2) is 9.67 Å². The number of para-hydroxylation sites is 1. The second kappa shape index (κ2) is 5.98. The Kier molecular flexibility index (Phi) is 3.90. The lowest BCUT2D eigenvalue weighted by molar-refractivity contribution is 0.570. The summed E-state index contributed by atoms with van der Waals surface area (Å²) >= 11 is 1.68. The van der Waals surface area contributed by atoms with Crippen LogP contribution in [0.1, 0.15) is 23.5 Å². The summed E-state index contributed by atoms with van der Waals surface area (Å²) in [6, 6.07) is 10.5. The Morgan fingerprint density at radius 2 is 2.15 bits per heavy atom. The van der Waals surface area contributed by atoms with Crippen molar-refractivity contribution in [1.29, 1.82) is 0 Å². The van der Waals surface area contributed by atoms with Crippen molar-refractivity contribution >= 4 is 11.3 Å². The van der Waals surface area contributed by atoms with E-state index in [0.29, 0.717) is 0 Å². The molecule has 0 bridgehead atoms. The zero-order valence-corrected chi connectivity index (χ0v) is 12.0. The quantitative estimate of drug-likeness (QED) is 0.782. The predicted molar refractivity (Wildman–Crippen MR) is 80.9 cm³/mol. The lowest BCUT2D eigenvalue weighted by Crippen LogP contribution is -2.19. The highest BCUT2D eigenvalue weighted by Gasteiger charge is 2.09. The summed E-state index contributed by atoms with van der Waals surface area (Å²) in [6.07, 6.45) is 5.60. The summed E-state index contributed by atoms with van der Waals surface area (Å²) in [5, 5.41) is 10.9. The summed E-state index contributed by atoms with van der Waals surface area (Å²) in [4.78, 5) is 4.34. The van der Waals surface area contributed by atoms with Gasteiger partial charge in [0.1, 0.15) is 5.01 Å². The lowest BCUT2D eigenvalue weighted by atomic mass is 10.1. The second-order valence-corrected chi connectivity index (χ2v) is 5.48. The minimum atomic E-state index is 0.251. The molecule has 0 saturated carbocycles.